The molecule has 0 amide bonds. The van der Waals surface area contributed by atoms with Crippen molar-refractivity contribution in [2.24, 2.45) is 7.05 Å². The first-order valence-corrected chi connectivity index (χ1v) is 9.13. The summed E-state index contributed by atoms with van der Waals surface area (Å²) in [6.07, 6.45) is 3.78. The van der Waals surface area contributed by atoms with E-state index in [-0.39, 0.29) is 0 Å². The molecule has 0 bridgehead atoms. The second-order valence-corrected chi connectivity index (χ2v) is 7.02. The van der Waals surface area contributed by atoms with E-state index in [4.69, 9.17) is 10.1 Å². The van der Waals surface area contributed by atoms with E-state index in [0.29, 0.717) is 0 Å². The molecular weight excluding hydrogens is 330 g/mol. The number of hydrogen-bond donors (Lipinski definition) is 0. The van der Waals surface area contributed by atoms with E-state index < -0.39 is 0 Å². The van der Waals surface area contributed by atoms with E-state index >= 15 is 0 Å². The van der Waals surface area contributed by atoms with Crippen LogP contribution >= 0.6 is 11.8 Å². The van der Waals surface area contributed by atoms with Crippen molar-refractivity contribution < 1.29 is 0 Å². The number of benzene rings is 1. The molecule has 4 rings (SSSR count). The van der Waals surface area contributed by atoms with Gasteiger partial charge in [0.2, 0.25) is 0 Å². The zero-order valence-electron chi connectivity index (χ0n) is 14.5. The Morgan fingerprint density at radius 1 is 1.12 bits per heavy atom. The summed E-state index contributed by atoms with van der Waals surface area (Å²) < 4.78 is 4.01. The van der Waals surface area contributed by atoms with Crippen LogP contribution in [0.4, 0.5) is 0 Å². The zero-order chi connectivity index (χ0) is 17.4. The van der Waals surface area contributed by atoms with E-state index in [2.05, 4.69) is 30.1 Å². The molecule has 0 radical (unpaired) electrons. The van der Waals surface area contributed by atoms with E-state index in [1.54, 1.807) is 11.8 Å². The van der Waals surface area contributed by atoms with Gasteiger partial charge in [-0.2, -0.15) is 5.10 Å². The SMILES string of the molecule is Cc1cc(C)c2c(-c3ccccc3)nc(SCc3nccn3C)n2n1. The molecule has 126 valence electrons. The maximum Gasteiger partial charge on any atom is 0.190 e. The van der Waals surface area contributed by atoms with Crippen molar-refractivity contribution >= 4 is 17.3 Å². The Morgan fingerprint density at radius 3 is 2.64 bits per heavy atom. The first-order chi connectivity index (χ1) is 12.1. The number of imidazole rings is 2. The summed E-state index contributed by atoms with van der Waals surface area (Å²) in [5.41, 5.74) is 5.33. The lowest BCUT2D eigenvalue weighted by atomic mass is 10.1. The van der Waals surface area contributed by atoms with Crippen LogP contribution in [0.2, 0.25) is 0 Å². The number of nitrogens with zero attached hydrogens (tertiary/aromatic N) is 5. The highest BCUT2D eigenvalue weighted by molar-refractivity contribution is 7.98. The minimum atomic E-state index is 0.755. The van der Waals surface area contributed by atoms with Crippen LogP contribution in [0.5, 0.6) is 0 Å². The highest BCUT2D eigenvalue weighted by Gasteiger charge is 2.17. The summed E-state index contributed by atoms with van der Waals surface area (Å²) in [7, 11) is 2.01. The van der Waals surface area contributed by atoms with Crippen LogP contribution in [0.1, 0.15) is 17.1 Å². The van der Waals surface area contributed by atoms with E-state index in [1.807, 2.05) is 53.6 Å². The minimum absolute atomic E-state index is 0.755. The van der Waals surface area contributed by atoms with Gasteiger partial charge < -0.3 is 4.57 Å². The Balaban J connectivity index is 1.82. The van der Waals surface area contributed by atoms with Crippen LogP contribution in [0, 0.1) is 13.8 Å². The molecule has 0 unspecified atom stereocenters. The van der Waals surface area contributed by atoms with E-state index in [0.717, 1.165) is 39.2 Å². The van der Waals surface area contributed by atoms with Crippen molar-refractivity contribution in [2.45, 2.75) is 24.8 Å². The quantitative estimate of drug-likeness (QED) is 0.522. The standard InChI is InChI=1S/C19H19N5S/c1-13-11-14(2)22-24-18(13)17(15-7-5-4-6-8-15)21-19(24)25-12-16-20-9-10-23(16)3/h4-11H,12H2,1-3H3. The van der Waals surface area contributed by atoms with Gasteiger partial charge in [0.25, 0.3) is 0 Å². The highest BCUT2D eigenvalue weighted by Crippen LogP contribution is 2.31. The topological polar surface area (TPSA) is 48.0 Å². The smallest absolute Gasteiger partial charge is 0.190 e. The third-order valence-electron chi connectivity index (χ3n) is 4.18. The number of aryl methyl sites for hydroxylation is 3. The molecule has 25 heavy (non-hydrogen) atoms. The average Bonchev–Trinajstić information content (AvgIpc) is 3.17. The number of hydrogen-bond acceptors (Lipinski definition) is 4. The predicted molar refractivity (Wildman–Crippen MR) is 101 cm³/mol. The fourth-order valence-corrected chi connectivity index (χ4v) is 3.91. The van der Waals surface area contributed by atoms with Gasteiger partial charge in [-0.3, -0.25) is 0 Å². The van der Waals surface area contributed by atoms with Crippen molar-refractivity contribution in [3.8, 4) is 11.3 Å². The van der Waals surface area contributed by atoms with Gasteiger partial charge in [-0.15, -0.1) is 0 Å². The average molecular weight is 349 g/mol. The molecular formula is C19H19N5S. The molecule has 0 saturated carbocycles. The molecule has 6 heteroatoms. The first kappa shape index (κ1) is 15.9. The van der Waals surface area contributed by atoms with E-state index in [9.17, 15) is 0 Å². The molecule has 0 spiro atoms. The largest absolute Gasteiger partial charge is 0.337 e. The molecule has 0 aliphatic rings. The molecule has 3 aromatic heterocycles. The van der Waals surface area contributed by atoms with Crippen molar-refractivity contribution in [1.29, 1.82) is 0 Å². The molecule has 5 nitrogen and oxygen atoms in total. The second-order valence-electron chi connectivity index (χ2n) is 6.08. The Bertz CT molecular complexity index is 1030. The van der Waals surface area contributed by atoms with Gasteiger partial charge >= 0.3 is 0 Å². The molecule has 0 aliphatic heterocycles. The van der Waals surface area contributed by atoms with Gasteiger partial charge in [0, 0.05) is 25.0 Å². The Morgan fingerprint density at radius 2 is 1.92 bits per heavy atom. The third kappa shape index (κ3) is 2.93. The van der Waals surface area contributed by atoms with Gasteiger partial charge in [-0.05, 0) is 25.5 Å². The molecule has 4 aromatic rings. The van der Waals surface area contributed by atoms with Crippen LogP contribution in [-0.2, 0) is 12.8 Å². The molecule has 0 aliphatic carbocycles. The second kappa shape index (κ2) is 6.37. The lowest BCUT2D eigenvalue weighted by Crippen LogP contribution is -1.99. The minimum Gasteiger partial charge on any atom is -0.337 e. The van der Waals surface area contributed by atoms with Crippen molar-refractivity contribution in [3.05, 3.63) is 65.9 Å². The number of fused-ring (bicyclic) bond motifs is 1. The lowest BCUT2D eigenvalue weighted by molar-refractivity contribution is 0.789. The van der Waals surface area contributed by atoms with Gasteiger partial charge in [-0.25, -0.2) is 14.5 Å². The normalized spacial score (nSPS) is 11.3. The zero-order valence-corrected chi connectivity index (χ0v) is 15.3. The Labute approximate surface area is 150 Å². The van der Waals surface area contributed by atoms with Gasteiger partial charge in [0.15, 0.2) is 5.16 Å². The van der Waals surface area contributed by atoms with Crippen molar-refractivity contribution in [3.63, 3.8) is 0 Å². The van der Waals surface area contributed by atoms with Crippen LogP contribution < -0.4 is 0 Å². The Kier molecular flexibility index (Phi) is 4.05. The number of thioether (sulfide) groups is 1. The fourth-order valence-electron chi connectivity index (χ4n) is 2.96. The van der Waals surface area contributed by atoms with Gasteiger partial charge in [0.1, 0.15) is 5.82 Å². The fraction of sp³-hybridized carbons (Fsp3) is 0.211. The van der Waals surface area contributed by atoms with Crippen molar-refractivity contribution in [2.75, 3.05) is 0 Å². The molecule has 0 saturated heterocycles. The van der Waals surface area contributed by atoms with Crippen LogP contribution in [-0.4, -0.2) is 24.1 Å². The number of aromatic nitrogens is 5. The molecule has 1 aromatic carbocycles. The highest BCUT2D eigenvalue weighted by atomic mass is 32.2. The summed E-state index contributed by atoms with van der Waals surface area (Å²) >= 11 is 1.66. The first-order valence-electron chi connectivity index (χ1n) is 8.15. The van der Waals surface area contributed by atoms with Crippen LogP contribution in [0.15, 0.2) is 53.9 Å². The Hall–Kier alpha value is -2.60. The maximum absolute atomic E-state index is 4.92. The van der Waals surface area contributed by atoms with Crippen LogP contribution in [0.3, 0.4) is 0 Å². The summed E-state index contributed by atoms with van der Waals surface area (Å²) in [5.74, 6) is 1.78. The summed E-state index contributed by atoms with van der Waals surface area (Å²) in [5, 5.41) is 5.60. The van der Waals surface area contributed by atoms with Gasteiger partial charge in [-0.1, -0.05) is 42.1 Å². The van der Waals surface area contributed by atoms with E-state index in [1.165, 1.54) is 5.56 Å². The molecule has 0 N–H and O–H groups in total. The van der Waals surface area contributed by atoms with Crippen molar-refractivity contribution in [1.82, 2.24) is 24.1 Å². The molecule has 3 heterocycles. The van der Waals surface area contributed by atoms with Crippen LogP contribution in [0.25, 0.3) is 16.8 Å². The monoisotopic (exact) mass is 349 g/mol. The predicted octanol–water partition coefficient (Wildman–Crippen LogP) is 4.04. The summed E-state index contributed by atoms with van der Waals surface area (Å²) in [6, 6.07) is 12.4. The third-order valence-corrected chi connectivity index (χ3v) is 5.10. The molecule has 0 atom stereocenters. The maximum atomic E-state index is 4.92. The molecule has 0 fully saturated rings. The summed E-state index contributed by atoms with van der Waals surface area (Å²) in [6.45, 7) is 4.13. The number of rotatable bonds is 4. The summed E-state index contributed by atoms with van der Waals surface area (Å²) in [4.78, 5) is 9.31. The lowest BCUT2D eigenvalue weighted by Gasteiger charge is -2.05. The van der Waals surface area contributed by atoms with Gasteiger partial charge in [0.05, 0.1) is 22.7 Å².